The van der Waals surface area contributed by atoms with Gasteiger partial charge in [-0.1, -0.05) is 0 Å². The Kier molecular flexibility index (Phi) is 6.09. The zero-order valence-electron chi connectivity index (χ0n) is 15.9. The maximum atomic E-state index is 13.0. The van der Waals surface area contributed by atoms with Gasteiger partial charge in [0, 0.05) is 44.9 Å². The fourth-order valence-corrected chi connectivity index (χ4v) is 3.82. The molecule has 0 aromatic carbocycles. The van der Waals surface area contributed by atoms with Crippen molar-refractivity contribution in [2.75, 3.05) is 38.2 Å². The lowest BCUT2D eigenvalue weighted by atomic mass is 9.84. The lowest BCUT2D eigenvalue weighted by molar-refractivity contribution is -0.141. The number of rotatable bonds is 3. The van der Waals surface area contributed by atoms with E-state index in [1.165, 1.54) is 14.0 Å². The monoisotopic (exact) mass is 402 g/mol. The van der Waals surface area contributed by atoms with Crippen molar-refractivity contribution >= 4 is 11.9 Å². The Labute approximate surface area is 161 Å². The van der Waals surface area contributed by atoms with E-state index in [9.17, 15) is 23.1 Å². The molecule has 1 aromatic rings. The number of aliphatic hydroxyl groups is 1. The second-order valence-corrected chi connectivity index (χ2v) is 7.36. The zero-order chi connectivity index (χ0) is 20.5. The standard InChI is InChI=1S/C18H25F3N4O3/c1-11-9-15(18(19,20)21)23-17(22-11)25-7-5-24(6-8-25)16(27)12-3-4-13(26)14(10-12)28-2/h9,12-14,26H,3-8,10H2,1-2H3/t12-,13+,14-/m1/s1. The van der Waals surface area contributed by atoms with Crippen LogP contribution in [0.5, 0.6) is 0 Å². The van der Waals surface area contributed by atoms with Crippen LogP contribution in [0, 0.1) is 12.8 Å². The van der Waals surface area contributed by atoms with Gasteiger partial charge in [0.15, 0.2) is 0 Å². The van der Waals surface area contributed by atoms with E-state index >= 15 is 0 Å². The summed E-state index contributed by atoms with van der Waals surface area (Å²) in [5.41, 5.74) is -0.706. The van der Waals surface area contributed by atoms with Gasteiger partial charge >= 0.3 is 6.18 Å². The van der Waals surface area contributed by atoms with Crippen LogP contribution < -0.4 is 4.90 Å². The molecule has 28 heavy (non-hydrogen) atoms. The number of ether oxygens (including phenoxy) is 1. The number of amides is 1. The third-order valence-electron chi connectivity index (χ3n) is 5.42. The molecule has 3 atom stereocenters. The smallest absolute Gasteiger partial charge is 0.390 e. The van der Waals surface area contributed by atoms with Gasteiger partial charge in [-0.25, -0.2) is 9.97 Å². The van der Waals surface area contributed by atoms with Gasteiger partial charge in [0.25, 0.3) is 0 Å². The summed E-state index contributed by atoms with van der Waals surface area (Å²) in [4.78, 5) is 24.0. The van der Waals surface area contributed by atoms with Crippen LogP contribution in [-0.2, 0) is 15.7 Å². The molecule has 1 N–H and O–H groups in total. The second-order valence-electron chi connectivity index (χ2n) is 7.36. The number of alkyl halides is 3. The topological polar surface area (TPSA) is 78.8 Å². The van der Waals surface area contributed by atoms with Gasteiger partial charge in [0.05, 0.1) is 12.2 Å². The fourth-order valence-electron chi connectivity index (χ4n) is 3.82. The predicted octanol–water partition coefficient (Wildman–Crippen LogP) is 1.63. The number of methoxy groups -OCH3 is 1. The summed E-state index contributed by atoms with van der Waals surface area (Å²) in [6, 6.07) is 0.924. The number of carbonyl (C=O) groups is 1. The maximum Gasteiger partial charge on any atom is 0.433 e. The Hall–Kier alpha value is -1.94. The van der Waals surface area contributed by atoms with Crippen molar-refractivity contribution in [2.45, 2.75) is 44.6 Å². The molecule has 2 heterocycles. The first kappa shape index (κ1) is 20.8. The molecule has 0 radical (unpaired) electrons. The molecule has 1 aliphatic heterocycles. The quantitative estimate of drug-likeness (QED) is 0.828. The molecule has 0 bridgehead atoms. The number of hydrogen-bond donors (Lipinski definition) is 1. The average molecular weight is 402 g/mol. The Morgan fingerprint density at radius 3 is 2.50 bits per heavy atom. The summed E-state index contributed by atoms with van der Waals surface area (Å²) in [5.74, 6) is -0.152. The normalized spacial score (nSPS) is 26.4. The SMILES string of the molecule is CO[C@@H]1C[C@H](C(=O)N2CCN(c3nc(C)cc(C(F)(F)F)n3)CC2)CC[C@@H]1O. The summed E-state index contributed by atoms with van der Waals surface area (Å²) in [5, 5.41) is 9.89. The molecule has 0 unspecified atom stereocenters. The molecule has 1 amide bonds. The molecule has 3 rings (SSSR count). The van der Waals surface area contributed by atoms with E-state index in [0.29, 0.717) is 45.4 Å². The Balaban J connectivity index is 1.62. The molecular formula is C18H25F3N4O3. The van der Waals surface area contributed by atoms with Crippen LogP contribution in [-0.4, -0.2) is 71.4 Å². The van der Waals surface area contributed by atoms with Crippen molar-refractivity contribution in [2.24, 2.45) is 5.92 Å². The van der Waals surface area contributed by atoms with Gasteiger partial charge in [-0.15, -0.1) is 0 Å². The summed E-state index contributed by atoms with van der Waals surface area (Å²) >= 11 is 0. The maximum absolute atomic E-state index is 13.0. The van der Waals surface area contributed by atoms with E-state index in [2.05, 4.69) is 9.97 Å². The minimum Gasteiger partial charge on any atom is -0.390 e. The molecule has 2 fully saturated rings. The van der Waals surface area contributed by atoms with Crippen molar-refractivity contribution in [1.29, 1.82) is 0 Å². The van der Waals surface area contributed by atoms with Gasteiger partial charge in [-0.2, -0.15) is 13.2 Å². The number of piperazine rings is 1. The lowest BCUT2D eigenvalue weighted by Gasteiger charge is -2.39. The molecule has 1 aliphatic carbocycles. The van der Waals surface area contributed by atoms with Gasteiger partial charge in [0.1, 0.15) is 5.69 Å². The minimum atomic E-state index is -4.52. The van der Waals surface area contributed by atoms with Gasteiger partial charge in [-0.3, -0.25) is 4.79 Å². The van der Waals surface area contributed by atoms with E-state index in [-0.39, 0.29) is 29.6 Å². The second kappa shape index (κ2) is 8.20. The number of nitrogens with zero attached hydrogens (tertiary/aromatic N) is 4. The Morgan fingerprint density at radius 2 is 1.89 bits per heavy atom. The number of aromatic nitrogens is 2. The number of halogens is 3. The summed E-state index contributed by atoms with van der Waals surface area (Å²) in [6.45, 7) is 3.04. The number of aryl methyl sites for hydroxylation is 1. The lowest BCUT2D eigenvalue weighted by Crippen LogP contribution is -2.52. The highest BCUT2D eigenvalue weighted by Crippen LogP contribution is 2.30. The van der Waals surface area contributed by atoms with Crippen LogP contribution in [0.15, 0.2) is 6.07 Å². The number of aliphatic hydroxyl groups excluding tert-OH is 1. The van der Waals surface area contributed by atoms with Crippen LogP contribution in [0.3, 0.4) is 0 Å². The Bertz CT molecular complexity index is 708. The van der Waals surface area contributed by atoms with Crippen LogP contribution in [0.25, 0.3) is 0 Å². The van der Waals surface area contributed by atoms with E-state index in [0.717, 1.165) is 6.07 Å². The average Bonchev–Trinajstić information content (AvgIpc) is 2.67. The van der Waals surface area contributed by atoms with Crippen molar-refractivity contribution in [3.63, 3.8) is 0 Å². The third-order valence-corrected chi connectivity index (χ3v) is 5.42. The summed E-state index contributed by atoms with van der Waals surface area (Å²) in [6.07, 6.45) is -3.81. The van der Waals surface area contributed by atoms with Crippen LogP contribution in [0.4, 0.5) is 19.1 Å². The van der Waals surface area contributed by atoms with Crippen LogP contribution in [0.2, 0.25) is 0 Å². The minimum absolute atomic E-state index is 0.00902. The van der Waals surface area contributed by atoms with Gasteiger partial charge in [-0.05, 0) is 32.3 Å². The number of hydrogen-bond acceptors (Lipinski definition) is 6. The first-order valence-electron chi connectivity index (χ1n) is 9.36. The first-order chi connectivity index (χ1) is 13.2. The molecule has 2 aliphatic rings. The highest BCUT2D eigenvalue weighted by atomic mass is 19.4. The molecular weight excluding hydrogens is 377 g/mol. The number of anilines is 1. The zero-order valence-corrected chi connectivity index (χ0v) is 15.9. The first-order valence-corrected chi connectivity index (χ1v) is 9.36. The predicted molar refractivity (Wildman–Crippen MR) is 94.7 cm³/mol. The van der Waals surface area contributed by atoms with Crippen molar-refractivity contribution in [3.05, 3.63) is 17.5 Å². The molecule has 10 heteroatoms. The molecule has 156 valence electrons. The van der Waals surface area contributed by atoms with Crippen LogP contribution >= 0.6 is 0 Å². The van der Waals surface area contributed by atoms with Crippen molar-refractivity contribution in [1.82, 2.24) is 14.9 Å². The summed E-state index contributed by atoms with van der Waals surface area (Å²) < 4.78 is 44.2. The van der Waals surface area contributed by atoms with Gasteiger partial charge in [0.2, 0.25) is 11.9 Å². The fraction of sp³-hybridized carbons (Fsp3) is 0.722. The molecule has 1 saturated carbocycles. The molecule has 7 nitrogen and oxygen atoms in total. The van der Waals surface area contributed by atoms with E-state index in [1.54, 1.807) is 9.80 Å². The summed E-state index contributed by atoms with van der Waals surface area (Å²) in [7, 11) is 1.52. The number of carbonyl (C=O) groups excluding carboxylic acids is 1. The van der Waals surface area contributed by atoms with E-state index in [1.807, 2.05) is 0 Å². The van der Waals surface area contributed by atoms with Crippen molar-refractivity contribution < 1.29 is 27.8 Å². The van der Waals surface area contributed by atoms with E-state index < -0.39 is 18.0 Å². The third kappa shape index (κ3) is 4.54. The highest BCUT2D eigenvalue weighted by Gasteiger charge is 2.37. The van der Waals surface area contributed by atoms with E-state index in [4.69, 9.17) is 4.74 Å². The Morgan fingerprint density at radius 1 is 1.21 bits per heavy atom. The van der Waals surface area contributed by atoms with Crippen molar-refractivity contribution in [3.8, 4) is 0 Å². The molecule has 0 spiro atoms. The molecule has 1 aromatic heterocycles. The largest absolute Gasteiger partial charge is 0.433 e. The molecule has 1 saturated heterocycles. The van der Waals surface area contributed by atoms with Gasteiger partial charge < -0.3 is 19.6 Å². The van der Waals surface area contributed by atoms with Crippen LogP contribution in [0.1, 0.15) is 30.7 Å². The highest BCUT2D eigenvalue weighted by molar-refractivity contribution is 5.79.